The number of hydrogen-bond donors (Lipinski definition) is 1. The van der Waals surface area contributed by atoms with Crippen LogP contribution in [0, 0.1) is 10.1 Å². The minimum Gasteiger partial charge on any atom is -0.383 e. The molecule has 1 N–H and O–H groups in total. The lowest BCUT2D eigenvalue weighted by Crippen LogP contribution is -2.24. The number of methoxy groups -OCH3 is 1. The van der Waals surface area contributed by atoms with Crippen LogP contribution in [-0.4, -0.2) is 34.5 Å². The highest BCUT2D eigenvalue weighted by Crippen LogP contribution is 2.22. The van der Waals surface area contributed by atoms with Crippen LogP contribution in [-0.2, 0) is 11.8 Å². The van der Waals surface area contributed by atoms with Crippen LogP contribution in [0.4, 0.5) is 11.5 Å². The van der Waals surface area contributed by atoms with Gasteiger partial charge in [-0.3, -0.25) is 14.8 Å². The van der Waals surface area contributed by atoms with Gasteiger partial charge in [0.25, 0.3) is 0 Å². The Labute approximate surface area is 93.5 Å². The van der Waals surface area contributed by atoms with E-state index in [1.807, 2.05) is 6.92 Å². The van der Waals surface area contributed by atoms with E-state index in [2.05, 4.69) is 10.4 Å². The minimum absolute atomic E-state index is 0.0166. The summed E-state index contributed by atoms with van der Waals surface area (Å²) in [5, 5.41) is 17.8. The third-order valence-electron chi connectivity index (χ3n) is 2.21. The standard InChI is InChI=1S/C9H16N4O3/c1-4-7(6-16-3)10-9-8(13(14)15)5-12(2)11-9/h5,7H,4,6H2,1-3H3,(H,10,11). The van der Waals surface area contributed by atoms with Crippen LogP contribution in [0.3, 0.4) is 0 Å². The van der Waals surface area contributed by atoms with E-state index < -0.39 is 4.92 Å². The summed E-state index contributed by atoms with van der Waals surface area (Å²) in [6.07, 6.45) is 2.18. The summed E-state index contributed by atoms with van der Waals surface area (Å²) in [6, 6.07) is 0.0265. The fourth-order valence-corrected chi connectivity index (χ4v) is 1.37. The number of aryl methyl sites for hydroxylation is 1. The zero-order valence-corrected chi connectivity index (χ0v) is 9.64. The molecule has 1 atom stereocenters. The molecule has 0 aliphatic heterocycles. The molecule has 1 heterocycles. The van der Waals surface area contributed by atoms with Gasteiger partial charge in [-0.1, -0.05) is 6.92 Å². The van der Waals surface area contributed by atoms with E-state index >= 15 is 0 Å². The molecule has 0 radical (unpaired) electrons. The first-order valence-electron chi connectivity index (χ1n) is 5.02. The molecule has 0 aliphatic rings. The summed E-state index contributed by atoms with van der Waals surface area (Å²) in [5.74, 6) is 0.288. The van der Waals surface area contributed by atoms with Crippen molar-refractivity contribution < 1.29 is 9.66 Å². The first-order valence-corrected chi connectivity index (χ1v) is 5.02. The van der Waals surface area contributed by atoms with E-state index in [4.69, 9.17) is 4.74 Å². The van der Waals surface area contributed by atoms with E-state index in [0.29, 0.717) is 6.61 Å². The Balaban J connectivity index is 2.82. The summed E-state index contributed by atoms with van der Waals surface area (Å²) in [4.78, 5) is 10.3. The van der Waals surface area contributed by atoms with Gasteiger partial charge in [-0.15, -0.1) is 5.10 Å². The zero-order chi connectivity index (χ0) is 12.1. The Morgan fingerprint density at radius 3 is 2.94 bits per heavy atom. The minimum atomic E-state index is -0.450. The first kappa shape index (κ1) is 12.4. The van der Waals surface area contributed by atoms with Crippen LogP contribution >= 0.6 is 0 Å². The Bertz CT molecular complexity index is 364. The SMILES string of the molecule is CCC(COC)Nc1nn(C)cc1[N+](=O)[O-]. The number of anilines is 1. The second kappa shape index (κ2) is 5.45. The molecule has 7 heteroatoms. The highest BCUT2D eigenvalue weighted by Gasteiger charge is 2.20. The predicted molar refractivity (Wildman–Crippen MR) is 59.4 cm³/mol. The molecule has 90 valence electrons. The molecule has 1 aromatic heterocycles. The van der Waals surface area contributed by atoms with Crippen molar-refractivity contribution in [3.63, 3.8) is 0 Å². The monoisotopic (exact) mass is 228 g/mol. The summed E-state index contributed by atoms with van der Waals surface area (Å²) >= 11 is 0. The quantitative estimate of drug-likeness (QED) is 0.583. The summed E-state index contributed by atoms with van der Waals surface area (Å²) in [7, 11) is 3.24. The topological polar surface area (TPSA) is 82.2 Å². The lowest BCUT2D eigenvalue weighted by molar-refractivity contribution is -0.384. The summed E-state index contributed by atoms with van der Waals surface area (Å²) < 4.78 is 6.42. The van der Waals surface area contributed by atoms with Gasteiger partial charge in [0.15, 0.2) is 0 Å². The molecule has 0 saturated carbocycles. The lowest BCUT2D eigenvalue weighted by Gasteiger charge is -2.14. The van der Waals surface area contributed by atoms with Crippen LogP contribution in [0.15, 0.2) is 6.20 Å². The molecule has 0 saturated heterocycles. The fraction of sp³-hybridized carbons (Fsp3) is 0.667. The molecular weight excluding hydrogens is 212 g/mol. The second-order valence-corrected chi connectivity index (χ2v) is 3.50. The molecule has 1 rings (SSSR count). The van der Waals surface area contributed by atoms with Gasteiger partial charge in [0.2, 0.25) is 5.82 Å². The highest BCUT2D eigenvalue weighted by atomic mass is 16.6. The largest absolute Gasteiger partial charge is 0.383 e. The predicted octanol–water partition coefficient (Wildman–Crippen LogP) is 1.17. The van der Waals surface area contributed by atoms with Gasteiger partial charge in [-0.2, -0.15) is 0 Å². The molecule has 1 unspecified atom stereocenters. The lowest BCUT2D eigenvalue weighted by atomic mass is 10.2. The first-order chi connectivity index (χ1) is 7.58. The van der Waals surface area contributed by atoms with Crippen LogP contribution < -0.4 is 5.32 Å². The van der Waals surface area contributed by atoms with Gasteiger partial charge in [0, 0.05) is 14.2 Å². The van der Waals surface area contributed by atoms with Crippen molar-refractivity contribution in [2.75, 3.05) is 19.0 Å². The van der Waals surface area contributed by atoms with Crippen LogP contribution in [0.5, 0.6) is 0 Å². The molecule has 0 aromatic carbocycles. The van der Waals surface area contributed by atoms with E-state index in [1.54, 1.807) is 14.2 Å². The van der Waals surface area contributed by atoms with E-state index in [1.165, 1.54) is 10.9 Å². The Morgan fingerprint density at radius 1 is 1.75 bits per heavy atom. The molecule has 1 aromatic rings. The van der Waals surface area contributed by atoms with Crippen LogP contribution in [0.1, 0.15) is 13.3 Å². The number of hydrogen-bond acceptors (Lipinski definition) is 5. The smallest absolute Gasteiger partial charge is 0.330 e. The van der Waals surface area contributed by atoms with E-state index in [0.717, 1.165) is 6.42 Å². The van der Waals surface area contributed by atoms with Crippen molar-refractivity contribution in [1.29, 1.82) is 0 Å². The highest BCUT2D eigenvalue weighted by molar-refractivity contribution is 5.55. The average molecular weight is 228 g/mol. The molecule has 0 aliphatic carbocycles. The van der Waals surface area contributed by atoms with E-state index in [9.17, 15) is 10.1 Å². The number of nitrogens with zero attached hydrogens (tertiary/aromatic N) is 3. The maximum Gasteiger partial charge on any atom is 0.330 e. The number of nitro groups is 1. The van der Waals surface area contributed by atoms with Gasteiger partial charge in [-0.05, 0) is 6.42 Å². The third-order valence-corrected chi connectivity index (χ3v) is 2.21. The number of rotatable bonds is 6. The maximum absolute atomic E-state index is 10.7. The van der Waals surface area contributed by atoms with Crippen molar-refractivity contribution in [3.05, 3.63) is 16.3 Å². The fourth-order valence-electron chi connectivity index (χ4n) is 1.37. The average Bonchev–Trinajstić information content (AvgIpc) is 2.59. The zero-order valence-electron chi connectivity index (χ0n) is 9.64. The molecular formula is C9H16N4O3. The second-order valence-electron chi connectivity index (χ2n) is 3.50. The van der Waals surface area contributed by atoms with Gasteiger partial charge < -0.3 is 10.1 Å². The Hall–Kier alpha value is -1.63. The van der Waals surface area contributed by atoms with Crippen molar-refractivity contribution in [3.8, 4) is 0 Å². The normalized spacial score (nSPS) is 12.4. The summed E-state index contributed by atoms with van der Waals surface area (Å²) in [6.45, 7) is 2.47. The van der Waals surface area contributed by atoms with Crippen LogP contribution in [0.25, 0.3) is 0 Å². The van der Waals surface area contributed by atoms with E-state index in [-0.39, 0.29) is 17.5 Å². The van der Waals surface area contributed by atoms with Gasteiger partial charge >= 0.3 is 5.69 Å². The molecule has 7 nitrogen and oxygen atoms in total. The van der Waals surface area contributed by atoms with Crippen molar-refractivity contribution in [1.82, 2.24) is 9.78 Å². The molecule has 0 bridgehead atoms. The van der Waals surface area contributed by atoms with Gasteiger partial charge in [0.05, 0.1) is 17.6 Å². The molecule has 0 fully saturated rings. The Morgan fingerprint density at radius 2 is 2.44 bits per heavy atom. The molecule has 0 spiro atoms. The van der Waals surface area contributed by atoms with Gasteiger partial charge in [-0.25, -0.2) is 0 Å². The third kappa shape index (κ3) is 2.93. The number of ether oxygens (including phenoxy) is 1. The number of aromatic nitrogens is 2. The van der Waals surface area contributed by atoms with Crippen molar-refractivity contribution >= 4 is 11.5 Å². The molecule has 0 amide bonds. The van der Waals surface area contributed by atoms with Gasteiger partial charge in [0.1, 0.15) is 6.20 Å². The number of nitrogens with one attached hydrogen (secondary N) is 1. The molecule has 16 heavy (non-hydrogen) atoms. The van der Waals surface area contributed by atoms with Crippen molar-refractivity contribution in [2.24, 2.45) is 7.05 Å². The van der Waals surface area contributed by atoms with Crippen LogP contribution in [0.2, 0.25) is 0 Å². The summed E-state index contributed by atoms with van der Waals surface area (Å²) in [5.41, 5.74) is -0.0166. The van der Waals surface area contributed by atoms with Crippen molar-refractivity contribution in [2.45, 2.75) is 19.4 Å². The maximum atomic E-state index is 10.7. The Kier molecular flexibility index (Phi) is 4.24.